The monoisotopic (exact) mass is 489 g/mol. The number of likely N-dealkylation sites (tertiary alicyclic amines) is 1. The summed E-state index contributed by atoms with van der Waals surface area (Å²) in [6.45, 7) is 15.8. The molecule has 0 N–H and O–H groups in total. The van der Waals surface area contributed by atoms with E-state index in [-0.39, 0.29) is 6.04 Å². The van der Waals surface area contributed by atoms with Gasteiger partial charge >= 0.3 is 0 Å². The van der Waals surface area contributed by atoms with Gasteiger partial charge in [0.25, 0.3) is 0 Å². The summed E-state index contributed by atoms with van der Waals surface area (Å²) < 4.78 is 10.4. The Kier molecular flexibility index (Phi) is 6.02. The van der Waals surface area contributed by atoms with Gasteiger partial charge in [-0.3, -0.25) is 0 Å². The lowest BCUT2D eigenvalue weighted by Crippen LogP contribution is -2.54. The van der Waals surface area contributed by atoms with Gasteiger partial charge in [0.15, 0.2) is 5.82 Å². The maximum Gasteiger partial charge on any atom is 0.178 e. The summed E-state index contributed by atoms with van der Waals surface area (Å²) in [4.78, 5) is 15.0. The second kappa shape index (κ2) is 9.21. The van der Waals surface area contributed by atoms with Crippen LogP contribution in [0, 0.1) is 12.8 Å². The minimum Gasteiger partial charge on any atom is -0.491 e. The average molecular weight is 490 g/mol. The van der Waals surface area contributed by atoms with E-state index in [4.69, 9.17) is 9.72 Å². The second-order valence-electron chi connectivity index (χ2n) is 11.2. The number of anilines is 1. The first-order valence-electron chi connectivity index (χ1n) is 13.7. The van der Waals surface area contributed by atoms with E-state index in [1.807, 2.05) is 11.6 Å². The molecule has 1 atom stereocenters. The number of imidazole rings is 1. The zero-order chi connectivity index (χ0) is 25.0. The molecule has 3 aromatic rings. The van der Waals surface area contributed by atoms with Crippen LogP contribution in [0.25, 0.3) is 22.9 Å². The van der Waals surface area contributed by atoms with E-state index in [9.17, 15) is 0 Å². The number of fused-ring (bicyclic) bond motifs is 3. The average Bonchev–Trinajstić information content (AvgIpc) is 3.38. The summed E-state index contributed by atoms with van der Waals surface area (Å²) in [5.74, 6) is 4.27. The lowest BCUT2D eigenvalue weighted by Gasteiger charge is -2.49. The molecule has 0 amide bonds. The van der Waals surface area contributed by atoms with Crippen LogP contribution in [-0.2, 0) is 6.54 Å². The topological polar surface area (TPSA) is 64.2 Å². The van der Waals surface area contributed by atoms with Crippen molar-refractivity contribution in [1.29, 1.82) is 0 Å². The fraction of sp³-hybridized carbons (Fsp3) is 0.607. The Morgan fingerprint density at radius 2 is 1.72 bits per heavy atom. The maximum absolute atomic E-state index is 6.25. The summed E-state index contributed by atoms with van der Waals surface area (Å²) in [6, 6.07) is 8.25. The molecule has 3 aliphatic heterocycles. The largest absolute Gasteiger partial charge is 0.491 e. The Balaban J connectivity index is 1.25. The van der Waals surface area contributed by atoms with Gasteiger partial charge in [-0.15, -0.1) is 0 Å². The quantitative estimate of drug-likeness (QED) is 0.514. The Morgan fingerprint density at radius 1 is 0.917 bits per heavy atom. The molecule has 2 aromatic heterocycles. The van der Waals surface area contributed by atoms with Crippen LogP contribution in [-0.4, -0.2) is 67.5 Å². The van der Waals surface area contributed by atoms with E-state index in [0.29, 0.717) is 18.7 Å². The molecule has 36 heavy (non-hydrogen) atoms. The molecule has 0 radical (unpaired) electrons. The van der Waals surface area contributed by atoms with E-state index in [1.165, 1.54) is 38.0 Å². The molecule has 0 spiro atoms. The van der Waals surface area contributed by atoms with Gasteiger partial charge in [-0.25, -0.2) is 14.6 Å². The van der Waals surface area contributed by atoms with Gasteiger partial charge in [0.2, 0.25) is 0 Å². The number of benzene rings is 1. The SMILES string of the molecule is Cc1nc(-c2cn3c(n2)-c2ccc(N4CCC4C4CCN(C(C)C)CC4)cc2OCC3)n(C(C)C)n1. The Bertz CT molecular complexity index is 1230. The highest BCUT2D eigenvalue weighted by molar-refractivity contribution is 5.72. The number of rotatable bonds is 5. The van der Waals surface area contributed by atoms with Crippen LogP contribution in [0.1, 0.15) is 58.8 Å². The van der Waals surface area contributed by atoms with Crippen LogP contribution in [0.2, 0.25) is 0 Å². The third-order valence-corrected chi connectivity index (χ3v) is 8.27. The second-order valence-corrected chi connectivity index (χ2v) is 11.2. The molecule has 3 aliphatic rings. The zero-order valence-corrected chi connectivity index (χ0v) is 22.3. The molecule has 192 valence electrons. The Morgan fingerprint density at radius 3 is 2.42 bits per heavy atom. The normalized spacial score (nSPS) is 20.8. The van der Waals surface area contributed by atoms with Crippen molar-refractivity contribution >= 4 is 5.69 Å². The molecule has 0 aliphatic carbocycles. The molecule has 6 rings (SSSR count). The molecule has 0 bridgehead atoms. The summed E-state index contributed by atoms with van der Waals surface area (Å²) in [5.41, 5.74) is 3.20. The van der Waals surface area contributed by atoms with E-state index < -0.39 is 0 Å². The number of piperidine rings is 1. The summed E-state index contributed by atoms with van der Waals surface area (Å²) in [6.07, 6.45) is 6.01. The van der Waals surface area contributed by atoms with Crippen LogP contribution in [0.3, 0.4) is 0 Å². The fourth-order valence-electron chi connectivity index (χ4n) is 6.16. The van der Waals surface area contributed by atoms with Gasteiger partial charge < -0.3 is 19.1 Å². The van der Waals surface area contributed by atoms with Crippen molar-refractivity contribution in [2.75, 3.05) is 31.1 Å². The van der Waals surface area contributed by atoms with Crippen molar-refractivity contribution in [2.24, 2.45) is 5.92 Å². The predicted octanol–water partition coefficient (Wildman–Crippen LogP) is 4.79. The number of nitrogens with zero attached hydrogens (tertiary/aromatic N) is 7. The smallest absolute Gasteiger partial charge is 0.178 e. The van der Waals surface area contributed by atoms with E-state index in [1.54, 1.807) is 0 Å². The fourth-order valence-corrected chi connectivity index (χ4v) is 6.16. The summed E-state index contributed by atoms with van der Waals surface area (Å²) in [5, 5.41) is 4.58. The van der Waals surface area contributed by atoms with Crippen LogP contribution < -0.4 is 9.64 Å². The van der Waals surface area contributed by atoms with Crippen molar-refractivity contribution in [2.45, 2.75) is 78.6 Å². The first kappa shape index (κ1) is 23.5. The van der Waals surface area contributed by atoms with Crippen molar-refractivity contribution < 1.29 is 4.74 Å². The van der Waals surface area contributed by atoms with E-state index >= 15 is 0 Å². The van der Waals surface area contributed by atoms with Crippen LogP contribution in [0.15, 0.2) is 24.4 Å². The van der Waals surface area contributed by atoms with Gasteiger partial charge in [-0.2, -0.15) is 5.10 Å². The molecule has 2 saturated heterocycles. The summed E-state index contributed by atoms with van der Waals surface area (Å²) >= 11 is 0. The van der Waals surface area contributed by atoms with Gasteiger partial charge in [0.1, 0.15) is 29.7 Å². The number of aryl methyl sites for hydroxylation is 1. The third-order valence-electron chi connectivity index (χ3n) is 8.27. The number of hydrogen-bond acceptors (Lipinski definition) is 6. The molecule has 8 nitrogen and oxygen atoms in total. The lowest BCUT2D eigenvalue weighted by atomic mass is 9.82. The highest BCUT2D eigenvalue weighted by Gasteiger charge is 2.37. The molecular formula is C28H39N7O. The predicted molar refractivity (Wildman–Crippen MR) is 142 cm³/mol. The highest BCUT2D eigenvalue weighted by Crippen LogP contribution is 2.41. The van der Waals surface area contributed by atoms with Crippen molar-refractivity contribution in [3.05, 3.63) is 30.2 Å². The van der Waals surface area contributed by atoms with Crippen LogP contribution >= 0.6 is 0 Å². The molecule has 1 aromatic carbocycles. The minimum atomic E-state index is 0.225. The standard InChI is InChI=1S/C28H39N7O/c1-18(2)32-11-8-21(9-12-32)25-10-13-34(25)22-6-7-23-26(16-22)36-15-14-33-17-24(30-27(23)33)28-29-20(5)31-35(28)19(3)4/h6-7,16-19,21,25H,8-15H2,1-5H3. The molecule has 0 saturated carbocycles. The molecular weight excluding hydrogens is 450 g/mol. The Hall–Kier alpha value is -2.87. The van der Waals surface area contributed by atoms with Crippen LogP contribution in [0.4, 0.5) is 5.69 Å². The van der Waals surface area contributed by atoms with Crippen molar-refractivity contribution in [1.82, 2.24) is 29.2 Å². The lowest BCUT2D eigenvalue weighted by molar-refractivity contribution is 0.124. The Labute approximate surface area is 214 Å². The maximum atomic E-state index is 6.25. The number of aromatic nitrogens is 5. The highest BCUT2D eigenvalue weighted by atomic mass is 16.5. The first-order valence-corrected chi connectivity index (χ1v) is 13.7. The van der Waals surface area contributed by atoms with Gasteiger partial charge in [0.05, 0.1) is 12.1 Å². The molecule has 8 heteroatoms. The minimum absolute atomic E-state index is 0.225. The van der Waals surface area contributed by atoms with E-state index in [2.05, 4.69) is 76.5 Å². The van der Waals surface area contributed by atoms with E-state index in [0.717, 1.165) is 53.5 Å². The van der Waals surface area contributed by atoms with Gasteiger partial charge in [-0.05, 0) is 85.0 Å². The number of ether oxygens (including phenoxy) is 1. The van der Waals surface area contributed by atoms with Gasteiger partial charge in [-0.1, -0.05) is 0 Å². The molecule has 1 unspecified atom stereocenters. The van der Waals surface area contributed by atoms with Crippen molar-refractivity contribution in [3.8, 4) is 28.7 Å². The molecule has 2 fully saturated rings. The third kappa shape index (κ3) is 4.09. The first-order chi connectivity index (χ1) is 17.4. The van der Waals surface area contributed by atoms with Crippen molar-refractivity contribution in [3.63, 3.8) is 0 Å². The van der Waals surface area contributed by atoms with Gasteiger partial charge in [0, 0.05) is 42.6 Å². The zero-order valence-electron chi connectivity index (χ0n) is 22.3. The summed E-state index contributed by atoms with van der Waals surface area (Å²) in [7, 11) is 0. The number of hydrogen-bond donors (Lipinski definition) is 0. The molecule has 5 heterocycles. The van der Waals surface area contributed by atoms with Crippen LogP contribution in [0.5, 0.6) is 5.75 Å².